The first kappa shape index (κ1) is 64.4. The molecule has 0 aliphatic heterocycles. The van der Waals surface area contributed by atoms with Crippen molar-refractivity contribution < 1.29 is 32.9 Å². The molecule has 0 saturated carbocycles. The fraction of sp³-hybridized carbons (Fsp3) is 0.707. The molecule has 67 heavy (non-hydrogen) atoms. The molecule has 0 heterocycles. The fourth-order valence-electron chi connectivity index (χ4n) is 7.28. The molecule has 1 amide bonds. The van der Waals surface area contributed by atoms with Gasteiger partial charge in [0.15, 0.2) is 0 Å². The maximum Gasteiger partial charge on any atom is 0.268 e. The Morgan fingerprint density at radius 1 is 0.537 bits per heavy atom. The van der Waals surface area contributed by atoms with Gasteiger partial charge in [-0.15, -0.1) is 0 Å². The molecule has 0 saturated heterocycles. The van der Waals surface area contributed by atoms with E-state index in [1.54, 1.807) is 6.08 Å². The minimum Gasteiger partial charge on any atom is -0.756 e. The number of aliphatic hydroxyl groups excluding tert-OH is 1. The van der Waals surface area contributed by atoms with E-state index in [0.29, 0.717) is 23.9 Å². The first-order valence-corrected chi connectivity index (χ1v) is 28.6. The van der Waals surface area contributed by atoms with E-state index in [9.17, 15) is 19.4 Å². The van der Waals surface area contributed by atoms with Gasteiger partial charge in [0.05, 0.1) is 39.9 Å². The molecule has 0 bridgehead atoms. The molecule has 8 nitrogen and oxygen atoms in total. The number of phosphoric ester groups is 1. The number of phosphoric acid groups is 1. The van der Waals surface area contributed by atoms with Crippen molar-refractivity contribution in [2.24, 2.45) is 0 Å². The van der Waals surface area contributed by atoms with Crippen molar-refractivity contribution in [2.45, 2.75) is 225 Å². The molecule has 0 radical (unpaired) electrons. The zero-order valence-corrected chi connectivity index (χ0v) is 44.7. The van der Waals surface area contributed by atoms with Crippen molar-refractivity contribution in [3.05, 3.63) is 97.2 Å². The molecular formula is C58H103N2O6P. The van der Waals surface area contributed by atoms with Gasteiger partial charge in [-0.2, -0.15) is 0 Å². The molecule has 9 heteroatoms. The molecule has 2 N–H and O–H groups in total. The van der Waals surface area contributed by atoms with Crippen molar-refractivity contribution in [1.82, 2.24) is 5.32 Å². The summed E-state index contributed by atoms with van der Waals surface area (Å²) in [5, 5.41) is 13.8. The van der Waals surface area contributed by atoms with Crippen molar-refractivity contribution in [3.63, 3.8) is 0 Å². The SMILES string of the molecule is CC/C=C\C/C=C\C/C=C\C/C=C\C/C=C\CCCC(=O)NC(COP(=O)([O-])OCC[N+](C)(C)C)C(O)/C=C/CC/C=C/CC/C=C/CCCCCCCCCCCCCCCCCCCC. The number of carbonyl (C=O) groups is 1. The second-order valence-corrected chi connectivity index (χ2v) is 20.6. The van der Waals surface area contributed by atoms with E-state index in [0.717, 1.165) is 57.8 Å². The highest BCUT2D eigenvalue weighted by molar-refractivity contribution is 7.45. The molecule has 0 aliphatic rings. The van der Waals surface area contributed by atoms with Gasteiger partial charge in [-0.1, -0.05) is 220 Å². The highest BCUT2D eigenvalue weighted by Gasteiger charge is 2.23. The van der Waals surface area contributed by atoms with Crippen LogP contribution in [0, 0.1) is 0 Å². The Morgan fingerprint density at radius 2 is 0.925 bits per heavy atom. The third kappa shape index (κ3) is 51.1. The summed E-state index contributed by atoms with van der Waals surface area (Å²) in [4.78, 5) is 25.4. The molecule has 3 atom stereocenters. The van der Waals surface area contributed by atoms with Gasteiger partial charge in [-0.05, 0) is 83.5 Å². The minimum absolute atomic E-state index is 0.0248. The van der Waals surface area contributed by atoms with Crippen LogP contribution in [0.3, 0.4) is 0 Å². The smallest absolute Gasteiger partial charge is 0.268 e. The predicted octanol–water partition coefficient (Wildman–Crippen LogP) is 15.6. The molecule has 0 aromatic rings. The van der Waals surface area contributed by atoms with Crippen molar-refractivity contribution in [1.29, 1.82) is 0 Å². The van der Waals surface area contributed by atoms with E-state index in [4.69, 9.17) is 9.05 Å². The molecule has 0 aromatic carbocycles. The van der Waals surface area contributed by atoms with Crippen LogP contribution < -0.4 is 10.2 Å². The number of hydrogen-bond donors (Lipinski definition) is 2. The summed E-state index contributed by atoms with van der Waals surface area (Å²) >= 11 is 0. The van der Waals surface area contributed by atoms with E-state index in [1.807, 2.05) is 27.2 Å². The van der Waals surface area contributed by atoms with E-state index in [-0.39, 0.29) is 18.9 Å². The lowest BCUT2D eigenvalue weighted by Crippen LogP contribution is -2.45. The summed E-state index contributed by atoms with van der Waals surface area (Å²) in [5.41, 5.74) is 0. The average molecular weight is 955 g/mol. The van der Waals surface area contributed by atoms with Crippen LogP contribution in [0.5, 0.6) is 0 Å². The van der Waals surface area contributed by atoms with Gasteiger partial charge >= 0.3 is 0 Å². The number of nitrogens with zero attached hydrogens (tertiary/aromatic N) is 1. The molecule has 0 aromatic heterocycles. The van der Waals surface area contributed by atoms with Crippen molar-refractivity contribution >= 4 is 13.7 Å². The van der Waals surface area contributed by atoms with Crippen LogP contribution in [0.15, 0.2) is 97.2 Å². The van der Waals surface area contributed by atoms with Crippen LogP contribution in [0.2, 0.25) is 0 Å². The zero-order valence-electron chi connectivity index (χ0n) is 43.8. The summed E-state index contributed by atoms with van der Waals surface area (Å²) in [6.07, 6.45) is 69.3. The second-order valence-electron chi connectivity index (χ2n) is 19.2. The summed E-state index contributed by atoms with van der Waals surface area (Å²) in [5.74, 6) is -0.271. The number of unbranched alkanes of at least 4 members (excludes halogenated alkanes) is 21. The Morgan fingerprint density at radius 3 is 1.39 bits per heavy atom. The quantitative estimate of drug-likeness (QED) is 0.0272. The third-order valence-corrected chi connectivity index (χ3v) is 12.5. The fourth-order valence-corrected chi connectivity index (χ4v) is 8.00. The minimum atomic E-state index is -4.63. The topological polar surface area (TPSA) is 108 Å². The summed E-state index contributed by atoms with van der Waals surface area (Å²) in [6, 6.07) is -0.946. The molecule has 0 aliphatic carbocycles. The van der Waals surface area contributed by atoms with Gasteiger partial charge in [0, 0.05) is 6.42 Å². The Labute approximate surface area is 413 Å². The van der Waals surface area contributed by atoms with Gasteiger partial charge < -0.3 is 28.8 Å². The third-order valence-electron chi connectivity index (χ3n) is 11.5. The number of hydrogen-bond acceptors (Lipinski definition) is 6. The Bertz CT molecular complexity index is 1410. The monoisotopic (exact) mass is 955 g/mol. The number of aliphatic hydroxyl groups is 1. The van der Waals surface area contributed by atoms with Crippen molar-refractivity contribution in [2.75, 3.05) is 40.9 Å². The molecule has 386 valence electrons. The summed E-state index contributed by atoms with van der Waals surface area (Å²) < 4.78 is 23.2. The highest BCUT2D eigenvalue weighted by atomic mass is 31.2. The Hall–Kier alpha value is -2.58. The average Bonchev–Trinajstić information content (AvgIpc) is 3.29. The second kappa shape index (κ2) is 48.4. The first-order chi connectivity index (χ1) is 32.5. The van der Waals surface area contributed by atoms with E-state index in [1.165, 1.54) is 122 Å². The van der Waals surface area contributed by atoms with Crippen LogP contribution in [0.4, 0.5) is 0 Å². The number of nitrogens with one attached hydrogen (secondary N) is 1. The number of rotatable bonds is 48. The molecule has 3 unspecified atom stereocenters. The van der Waals surface area contributed by atoms with E-state index in [2.05, 4.69) is 104 Å². The summed E-state index contributed by atoms with van der Waals surface area (Å²) in [7, 11) is 1.18. The van der Waals surface area contributed by atoms with Gasteiger partial charge in [0.25, 0.3) is 7.82 Å². The van der Waals surface area contributed by atoms with Gasteiger partial charge in [-0.3, -0.25) is 9.36 Å². The standard InChI is InChI=1S/C58H103N2O6P/c1-6-8-10-12-14-16-18-20-22-24-25-26-27-28-29-30-31-32-33-34-36-37-39-41-43-45-47-49-51-57(61)56(55-66-67(63,64)65-54-53-60(3,4)5)59-58(62)52-50-48-46-44-42-40-38-35-23-21-19-17-15-13-11-9-7-2/h9,11,15,17,21,23,34,36,38,40-41,43-44,46,49,51,56-57,61H,6-8,10,12-14,16,18-20,22,24-33,35,37,39,42,45,47-48,50,52-55H2,1-5H3,(H-,59,62,63,64)/b11-9-,17-15-,23-21-,36-34+,40-38-,43-41+,46-44-,51-49+. The maximum absolute atomic E-state index is 12.9. The van der Waals surface area contributed by atoms with E-state index >= 15 is 0 Å². The maximum atomic E-state index is 12.9. The Balaban J connectivity index is 4.38. The van der Waals surface area contributed by atoms with Crippen LogP contribution in [0.25, 0.3) is 0 Å². The number of carbonyl (C=O) groups excluding carboxylic acids is 1. The number of quaternary nitrogens is 1. The van der Waals surface area contributed by atoms with Crippen LogP contribution >= 0.6 is 7.82 Å². The predicted molar refractivity (Wildman–Crippen MR) is 288 cm³/mol. The van der Waals surface area contributed by atoms with Gasteiger partial charge in [-0.25, -0.2) is 0 Å². The van der Waals surface area contributed by atoms with Crippen molar-refractivity contribution in [3.8, 4) is 0 Å². The largest absolute Gasteiger partial charge is 0.756 e. The normalized spacial score (nSPS) is 14.8. The van der Waals surface area contributed by atoms with Gasteiger partial charge in [0.1, 0.15) is 13.2 Å². The lowest BCUT2D eigenvalue weighted by atomic mass is 10.0. The lowest BCUT2D eigenvalue weighted by molar-refractivity contribution is -0.870. The number of amides is 1. The molecular weight excluding hydrogens is 852 g/mol. The molecule has 0 fully saturated rings. The zero-order chi connectivity index (χ0) is 49.2. The number of allylic oxidation sites excluding steroid dienone is 15. The first-order valence-electron chi connectivity index (χ1n) is 27.1. The molecule has 0 rings (SSSR count). The van der Waals surface area contributed by atoms with Gasteiger partial charge in [0.2, 0.25) is 5.91 Å². The van der Waals surface area contributed by atoms with Crippen LogP contribution in [-0.4, -0.2) is 68.5 Å². The number of likely N-dealkylation sites (N-methyl/N-ethyl adjacent to an activating group) is 1. The molecule has 0 spiro atoms. The summed E-state index contributed by atoms with van der Waals surface area (Å²) in [6.45, 7) is 4.46. The van der Waals surface area contributed by atoms with E-state index < -0.39 is 26.6 Å². The van der Waals surface area contributed by atoms with Crippen LogP contribution in [-0.2, 0) is 18.4 Å². The Kier molecular flexibility index (Phi) is 46.6. The lowest BCUT2D eigenvalue weighted by Gasteiger charge is -2.29. The van der Waals surface area contributed by atoms with Crippen LogP contribution in [0.1, 0.15) is 213 Å². The highest BCUT2D eigenvalue weighted by Crippen LogP contribution is 2.38.